The van der Waals surface area contributed by atoms with E-state index in [1.54, 1.807) is 0 Å². The van der Waals surface area contributed by atoms with Crippen LogP contribution in [-0.4, -0.2) is 75.0 Å². The first-order valence-corrected chi connectivity index (χ1v) is 9.34. The Kier molecular flexibility index (Phi) is 7.32. The average Bonchev–Trinajstić information content (AvgIpc) is 2.35. The van der Waals surface area contributed by atoms with Crippen LogP contribution in [0.2, 0.25) is 12.6 Å². The molecule has 1 aliphatic rings. The van der Waals surface area contributed by atoms with Gasteiger partial charge in [0.25, 0.3) is 0 Å². The number of urea groups is 1. The van der Waals surface area contributed by atoms with Gasteiger partial charge < -0.3 is 25.0 Å². The highest BCUT2D eigenvalue weighted by atomic mass is 28.4. The van der Waals surface area contributed by atoms with E-state index >= 15 is 0 Å². The lowest BCUT2D eigenvalue weighted by Crippen LogP contribution is -2.44. The number of hydrogen-bond acceptors (Lipinski definition) is 5. The van der Waals surface area contributed by atoms with Crippen molar-refractivity contribution in [3.63, 3.8) is 0 Å². The van der Waals surface area contributed by atoms with Gasteiger partial charge in [-0.3, -0.25) is 4.90 Å². The highest BCUT2D eigenvalue weighted by Crippen LogP contribution is 2.02. The molecule has 1 rings (SSSR count). The molecule has 0 unspecified atom stereocenters. The molecule has 0 radical (unpaired) electrons. The molecule has 1 saturated heterocycles. The van der Waals surface area contributed by atoms with Crippen LogP contribution in [0.15, 0.2) is 0 Å². The summed E-state index contributed by atoms with van der Waals surface area (Å²) in [5, 5.41) is 5.48. The van der Waals surface area contributed by atoms with Crippen molar-refractivity contribution in [2.75, 3.05) is 45.9 Å². The molecule has 0 aromatic carbocycles. The van der Waals surface area contributed by atoms with E-state index in [4.69, 9.17) is 4.74 Å². The quantitative estimate of drug-likeness (QED) is 0.359. The molecule has 8 heteroatoms. The van der Waals surface area contributed by atoms with Gasteiger partial charge in [-0.25, -0.2) is 4.79 Å². The van der Waals surface area contributed by atoms with E-state index in [0.717, 1.165) is 32.8 Å². The largest absolute Gasteiger partial charge is 0.411 e. The topological polar surface area (TPSA) is 94.1 Å². The smallest absolute Gasteiger partial charge is 0.329 e. The SMILES string of the molecule is C[Si](O)(O)CCCNC(=O)NCCN1CCOCC1. The summed E-state index contributed by atoms with van der Waals surface area (Å²) in [5.41, 5.74) is 0. The molecule has 2 amide bonds. The lowest BCUT2D eigenvalue weighted by Gasteiger charge is -2.26. The molecule has 1 heterocycles. The number of amides is 2. The minimum absolute atomic E-state index is 0.201. The average molecular weight is 291 g/mol. The Labute approximate surface area is 115 Å². The van der Waals surface area contributed by atoms with Crippen LogP contribution in [0.5, 0.6) is 0 Å². The van der Waals surface area contributed by atoms with Gasteiger partial charge in [0.2, 0.25) is 0 Å². The minimum Gasteiger partial charge on any atom is -0.411 e. The number of nitrogens with one attached hydrogen (secondary N) is 2. The molecule has 112 valence electrons. The van der Waals surface area contributed by atoms with Crippen LogP contribution >= 0.6 is 0 Å². The fourth-order valence-corrected chi connectivity index (χ4v) is 2.69. The van der Waals surface area contributed by atoms with Gasteiger partial charge in [0.15, 0.2) is 0 Å². The molecule has 0 saturated carbocycles. The first kappa shape index (κ1) is 16.4. The Morgan fingerprint density at radius 2 is 1.89 bits per heavy atom. The summed E-state index contributed by atoms with van der Waals surface area (Å²) >= 11 is 0. The summed E-state index contributed by atoms with van der Waals surface area (Å²) in [4.78, 5) is 32.1. The van der Waals surface area contributed by atoms with Crippen LogP contribution in [0.3, 0.4) is 0 Å². The molecule has 4 N–H and O–H groups in total. The van der Waals surface area contributed by atoms with Crippen molar-refractivity contribution in [1.82, 2.24) is 15.5 Å². The van der Waals surface area contributed by atoms with Crippen LogP contribution in [0, 0.1) is 0 Å². The summed E-state index contributed by atoms with van der Waals surface area (Å²) in [7, 11) is -2.97. The van der Waals surface area contributed by atoms with Gasteiger partial charge >= 0.3 is 14.6 Å². The van der Waals surface area contributed by atoms with E-state index in [0.29, 0.717) is 25.6 Å². The summed E-state index contributed by atoms with van der Waals surface area (Å²) in [6.07, 6.45) is 0.590. The van der Waals surface area contributed by atoms with Crippen molar-refractivity contribution in [3.05, 3.63) is 0 Å². The normalized spacial score (nSPS) is 17.2. The van der Waals surface area contributed by atoms with Crippen LogP contribution in [0.1, 0.15) is 6.42 Å². The first-order chi connectivity index (χ1) is 8.97. The maximum absolute atomic E-state index is 11.4. The van der Waals surface area contributed by atoms with Crippen molar-refractivity contribution in [2.24, 2.45) is 0 Å². The second kappa shape index (κ2) is 8.49. The molecular weight excluding hydrogens is 266 g/mol. The van der Waals surface area contributed by atoms with E-state index in [-0.39, 0.29) is 6.03 Å². The monoisotopic (exact) mass is 291 g/mol. The summed E-state index contributed by atoms with van der Waals surface area (Å²) in [6.45, 7) is 6.73. The van der Waals surface area contributed by atoms with E-state index in [1.807, 2.05) is 0 Å². The number of carbonyl (C=O) groups is 1. The molecule has 0 aromatic rings. The van der Waals surface area contributed by atoms with Crippen LogP contribution in [0.4, 0.5) is 4.79 Å². The molecule has 0 atom stereocenters. The van der Waals surface area contributed by atoms with Crippen LogP contribution < -0.4 is 10.6 Å². The van der Waals surface area contributed by atoms with Gasteiger partial charge in [-0.05, 0) is 19.0 Å². The number of ether oxygens (including phenoxy) is 1. The van der Waals surface area contributed by atoms with Crippen molar-refractivity contribution in [1.29, 1.82) is 0 Å². The van der Waals surface area contributed by atoms with Gasteiger partial charge in [0, 0.05) is 32.7 Å². The van der Waals surface area contributed by atoms with Gasteiger partial charge in [-0.15, -0.1) is 0 Å². The third-order valence-corrected chi connectivity index (χ3v) is 4.23. The van der Waals surface area contributed by atoms with Gasteiger partial charge in [-0.1, -0.05) is 0 Å². The van der Waals surface area contributed by atoms with Crippen LogP contribution in [0.25, 0.3) is 0 Å². The number of morpholine rings is 1. The van der Waals surface area contributed by atoms with E-state index < -0.39 is 8.56 Å². The number of carbonyl (C=O) groups excluding carboxylic acids is 1. The predicted octanol–water partition coefficient (Wildman–Crippen LogP) is -0.935. The number of rotatable bonds is 7. The molecule has 1 fully saturated rings. The van der Waals surface area contributed by atoms with Gasteiger partial charge in [0.1, 0.15) is 0 Å². The molecule has 7 nitrogen and oxygen atoms in total. The zero-order chi connectivity index (χ0) is 14.1. The maximum Gasteiger partial charge on any atom is 0.329 e. The first-order valence-electron chi connectivity index (χ1n) is 6.74. The number of hydrogen-bond donors (Lipinski definition) is 4. The molecule has 19 heavy (non-hydrogen) atoms. The zero-order valence-corrected chi connectivity index (χ0v) is 12.5. The Balaban J connectivity index is 1.95. The highest BCUT2D eigenvalue weighted by molar-refractivity contribution is 6.63. The standard InChI is InChI=1S/C11H25N3O4Si/c1-19(16,17)10-2-3-12-11(15)13-4-5-14-6-8-18-9-7-14/h16-17H,2-10H2,1H3,(H2,12,13,15). The third kappa shape index (κ3) is 8.95. The lowest BCUT2D eigenvalue weighted by atomic mass is 10.4. The fourth-order valence-electron chi connectivity index (χ4n) is 1.84. The third-order valence-electron chi connectivity index (χ3n) is 2.93. The van der Waals surface area contributed by atoms with Crippen molar-refractivity contribution in [2.45, 2.75) is 19.0 Å². The Hall–Kier alpha value is -0.673. The van der Waals surface area contributed by atoms with Crippen molar-refractivity contribution in [3.8, 4) is 0 Å². The van der Waals surface area contributed by atoms with Crippen molar-refractivity contribution >= 4 is 14.6 Å². The predicted molar refractivity (Wildman–Crippen MR) is 74.1 cm³/mol. The maximum atomic E-state index is 11.4. The highest BCUT2D eigenvalue weighted by Gasteiger charge is 2.20. The number of nitrogens with zero attached hydrogens (tertiary/aromatic N) is 1. The molecule has 0 bridgehead atoms. The van der Waals surface area contributed by atoms with Crippen LogP contribution in [-0.2, 0) is 4.74 Å². The molecule has 0 spiro atoms. The fraction of sp³-hybridized carbons (Fsp3) is 0.909. The van der Waals surface area contributed by atoms with E-state index in [9.17, 15) is 14.4 Å². The molecule has 1 aliphatic heterocycles. The lowest BCUT2D eigenvalue weighted by molar-refractivity contribution is 0.0387. The van der Waals surface area contributed by atoms with Crippen molar-refractivity contribution < 1.29 is 19.1 Å². The second-order valence-electron chi connectivity index (χ2n) is 4.96. The van der Waals surface area contributed by atoms with E-state index in [2.05, 4.69) is 15.5 Å². The zero-order valence-electron chi connectivity index (χ0n) is 11.5. The van der Waals surface area contributed by atoms with Gasteiger partial charge in [0.05, 0.1) is 13.2 Å². The molecule has 0 aliphatic carbocycles. The van der Waals surface area contributed by atoms with E-state index in [1.165, 1.54) is 6.55 Å². The Bertz CT molecular complexity index is 267. The second-order valence-corrected chi connectivity index (χ2v) is 7.89. The molecule has 0 aromatic heterocycles. The Morgan fingerprint density at radius 3 is 2.53 bits per heavy atom. The Morgan fingerprint density at radius 1 is 1.26 bits per heavy atom. The summed E-state index contributed by atoms with van der Waals surface area (Å²) in [5.74, 6) is 0. The minimum atomic E-state index is -2.97. The molecular formula is C11H25N3O4Si. The summed E-state index contributed by atoms with van der Waals surface area (Å²) in [6, 6.07) is 0.175. The van der Waals surface area contributed by atoms with Gasteiger partial charge in [-0.2, -0.15) is 0 Å². The summed E-state index contributed by atoms with van der Waals surface area (Å²) < 4.78 is 5.24.